The molecule has 0 aliphatic heterocycles. The number of nitrogens with zero attached hydrogens (tertiary/aromatic N) is 6. The van der Waals surface area contributed by atoms with Gasteiger partial charge in [0.2, 0.25) is 0 Å². The summed E-state index contributed by atoms with van der Waals surface area (Å²) in [5.74, 6) is 0.435. The van der Waals surface area contributed by atoms with Gasteiger partial charge in [0.25, 0.3) is 0 Å². The lowest BCUT2D eigenvalue weighted by Crippen LogP contribution is -2.22. The van der Waals surface area contributed by atoms with Crippen molar-refractivity contribution in [3.8, 4) is 23.4 Å². The fraction of sp³-hybridized carbons (Fsp3) is 0. The highest BCUT2D eigenvalue weighted by Gasteiger charge is 2.12. The second-order valence-corrected chi connectivity index (χ2v) is 7.14. The average molecular weight is 458 g/mol. The molecule has 0 aliphatic rings. The highest BCUT2D eigenvalue weighted by atomic mass is 15.2. The summed E-state index contributed by atoms with van der Waals surface area (Å²) < 4.78 is 0. The first kappa shape index (κ1) is 22.6. The number of anilines is 2. The second kappa shape index (κ2) is 10.9. The first-order valence-corrected chi connectivity index (χ1v) is 10.5. The molecule has 0 unspecified atom stereocenters. The standard InChI is InChI=1S/C26H19N9/c27-16-20(17-28)25(19-12-14-30-15-13-19)31-22-8-4-5-9-23(22)32-26(29)33-24-11-10-21(34-35-24)18-6-2-1-3-7-18/h1-15,31H,(H3,29,32,33,35). The van der Waals surface area contributed by atoms with E-state index in [1.54, 1.807) is 42.7 Å². The molecule has 0 aliphatic carbocycles. The van der Waals surface area contributed by atoms with Crippen molar-refractivity contribution >= 4 is 28.8 Å². The lowest BCUT2D eigenvalue weighted by atomic mass is 10.1. The van der Waals surface area contributed by atoms with Gasteiger partial charge in [-0.15, -0.1) is 10.2 Å². The van der Waals surface area contributed by atoms with Crippen LogP contribution in [-0.4, -0.2) is 21.1 Å². The SMILES string of the molecule is N#CC(C#N)=C(Nc1ccccc1NC(N)=Nc1ccc(-c2ccccc2)nn1)c1ccncc1. The van der Waals surface area contributed by atoms with Gasteiger partial charge in [-0.3, -0.25) is 4.98 Å². The third-order valence-electron chi connectivity index (χ3n) is 4.85. The van der Waals surface area contributed by atoms with Gasteiger partial charge in [0.05, 0.1) is 22.8 Å². The fourth-order valence-corrected chi connectivity index (χ4v) is 3.21. The molecule has 0 radical (unpaired) electrons. The number of pyridine rings is 1. The van der Waals surface area contributed by atoms with Gasteiger partial charge in [0, 0.05) is 23.5 Å². The van der Waals surface area contributed by atoms with Gasteiger partial charge in [0.1, 0.15) is 12.1 Å². The van der Waals surface area contributed by atoms with Crippen molar-refractivity contribution < 1.29 is 0 Å². The number of hydrogen-bond donors (Lipinski definition) is 3. The Kier molecular flexibility index (Phi) is 7.02. The number of guanidine groups is 1. The first-order valence-electron chi connectivity index (χ1n) is 10.5. The fourth-order valence-electron chi connectivity index (χ4n) is 3.21. The van der Waals surface area contributed by atoms with Crippen LogP contribution in [0.5, 0.6) is 0 Å². The maximum absolute atomic E-state index is 9.45. The number of nitrogens with two attached hydrogens (primary N) is 1. The number of allylic oxidation sites excluding steroid dienone is 1. The first-order chi connectivity index (χ1) is 17.2. The summed E-state index contributed by atoms with van der Waals surface area (Å²) in [7, 11) is 0. The summed E-state index contributed by atoms with van der Waals surface area (Å²) in [5, 5.41) is 33.5. The Morgan fingerprint density at radius 2 is 1.43 bits per heavy atom. The van der Waals surface area contributed by atoms with Crippen molar-refractivity contribution in [1.29, 1.82) is 10.5 Å². The zero-order chi connectivity index (χ0) is 24.5. The van der Waals surface area contributed by atoms with Gasteiger partial charge in [-0.2, -0.15) is 15.5 Å². The highest BCUT2D eigenvalue weighted by molar-refractivity contribution is 5.98. The minimum Gasteiger partial charge on any atom is -0.369 e. The molecule has 35 heavy (non-hydrogen) atoms. The number of hydrogen-bond acceptors (Lipinski definition) is 7. The molecule has 4 N–H and O–H groups in total. The summed E-state index contributed by atoms with van der Waals surface area (Å²) in [6.07, 6.45) is 3.17. The Morgan fingerprint density at radius 3 is 2.06 bits per heavy atom. The van der Waals surface area contributed by atoms with E-state index in [-0.39, 0.29) is 11.5 Å². The molecule has 2 heterocycles. The molecule has 0 spiro atoms. The molecule has 9 heteroatoms. The van der Waals surface area contributed by atoms with E-state index in [4.69, 9.17) is 5.73 Å². The van der Waals surface area contributed by atoms with E-state index in [1.165, 1.54) is 0 Å². The van der Waals surface area contributed by atoms with Gasteiger partial charge in [-0.1, -0.05) is 42.5 Å². The van der Waals surface area contributed by atoms with Gasteiger partial charge < -0.3 is 16.4 Å². The number of benzene rings is 2. The summed E-state index contributed by atoms with van der Waals surface area (Å²) in [4.78, 5) is 8.29. The number of aliphatic imine (C=N–C) groups is 1. The monoisotopic (exact) mass is 457 g/mol. The number of nitriles is 2. The summed E-state index contributed by atoms with van der Waals surface area (Å²) in [5.41, 5.74) is 9.91. The van der Waals surface area contributed by atoms with Crippen LogP contribution in [0.3, 0.4) is 0 Å². The van der Waals surface area contributed by atoms with Crippen molar-refractivity contribution in [1.82, 2.24) is 15.2 Å². The Balaban J connectivity index is 1.57. The Labute approximate surface area is 201 Å². The average Bonchev–Trinajstić information content (AvgIpc) is 2.91. The molecule has 0 amide bonds. The van der Waals surface area contributed by atoms with Crippen molar-refractivity contribution in [3.63, 3.8) is 0 Å². The molecule has 2 aromatic heterocycles. The largest absolute Gasteiger partial charge is 0.369 e. The van der Waals surface area contributed by atoms with E-state index in [2.05, 4.69) is 30.8 Å². The Bertz CT molecular complexity index is 1430. The van der Waals surface area contributed by atoms with Crippen molar-refractivity contribution in [2.24, 2.45) is 10.7 Å². The second-order valence-electron chi connectivity index (χ2n) is 7.14. The molecule has 4 rings (SSSR count). The number of rotatable bonds is 6. The van der Waals surface area contributed by atoms with Crippen LogP contribution in [0, 0.1) is 22.7 Å². The maximum Gasteiger partial charge on any atom is 0.199 e. The van der Waals surface area contributed by atoms with Gasteiger partial charge >= 0.3 is 0 Å². The summed E-state index contributed by atoms with van der Waals surface area (Å²) in [6.45, 7) is 0. The van der Waals surface area contributed by atoms with Gasteiger partial charge in [-0.05, 0) is 36.4 Å². The quantitative estimate of drug-likeness (QED) is 0.218. The van der Waals surface area contributed by atoms with Gasteiger partial charge in [-0.25, -0.2) is 0 Å². The van der Waals surface area contributed by atoms with Crippen LogP contribution < -0.4 is 16.4 Å². The predicted octanol–water partition coefficient (Wildman–Crippen LogP) is 4.47. The van der Waals surface area contributed by atoms with E-state index in [0.717, 1.165) is 11.3 Å². The normalized spacial score (nSPS) is 10.5. The lowest BCUT2D eigenvalue weighted by Gasteiger charge is -2.16. The van der Waals surface area contributed by atoms with E-state index < -0.39 is 0 Å². The van der Waals surface area contributed by atoms with Crippen LogP contribution in [0.25, 0.3) is 17.0 Å². The molecule has 2 aromatic carbocycles. The van der Waals surface area contributed by atoms with Crippen molar-refractivity contribution in [2.75, 3.05) is 10.6 Å². The highest BCUT2D eigenvalue weighted by Crippen LogP contribution is 2.27. The molecule has 168 valence electrons. The summed E-state index contributed by atoms with van der Waals surface area (Å²) in [6, 6.07) is 27.7. The maximum atomic E-state index is 9.45. The molecule has 0 fully saturated rings. The van der Waals surface area contributed by atoms with Crippen LogP contribution >= 0.6 is 0 Å². The molecular weight excluding hydrogens is 438 g/mol. The summed E-state index contributed by atoms with van der Waals surface area (Å²) >= 11 is 0. The minimum absolute atomic E-state index is 0.0681. The Morgan fingerprint density at radius 1 is 0.771 bits per heavy atom. The van der Waals surface area contributed by atoms with E-state index in [0.29, 0.717) is 28.5 Å². The zero-order valence-corrected chi connectivity index (χ0v) is 18.4. The van der Waals surface area contributed by atoms with E-state index in [1.807, 2.05) is 60.7 Å². The van der Waals surface area contributed by atoms with Crippen molar-refractivity contribution in [3.05, 3.63) is 102 Å². The molecule has 4 aromatic rings. The van der Waals surface area contributed by atoms with Crippen LogP contribution in [-0.2, 0) is 0 Å². The number of aromatic nitrogens is 3. The molecule has 0 saturated heterocycles. The van der Waals surface area contributed by atoms with Crippen LogP contribution in [0.4, 0.5) is 17.2 Å². The number of para-hydroxylation sites is 2. The Hall–Kier alpha value is -5.54. The van der Waals surface area contributed by atoms with E-state index >= 15 is 0 Å². The molecule has 0 atom stereocenters. The smallest absolute Gasteiger partial charge is 0.199 e. The van der Waals surface area contributed by atoms with Gasteiger partial charge in [0.15, 0.2) is 17.4 Å². The molecule has 0 saturated carbocycles. The van der Waals surface area contributed by atoms with E-state index in [9.17, 15) is 10.5 Å². The zero-order valence-electron chi connectivity index (χ0n) is 18.4. The predicted molar refractivity (Wildman–Crippen MR) is 135 cm³/mol. The third-order valence-corrected chi connectivity index (χ3v) is 4.85. The molecule has 0 bridgehead atoms. The third kappa shape index (κ3) is 5.64. The molecular formula is C26H19N9. The lowest BCUT2D eigenvalue weighted by molar-refractivity contribution is 1.03. The van der Waals surface area contributed by atoms with Crippen LogP contribution in [0.1, 0.15) is 5.56 Å². The molecule has 9 nitrogen and oxygen atoms in total. The van der Waals surface area contributed by atoms with Crippen molar-refractivity contribution in [2.45, 2.75) is 0 Å². The topological polar surface area (TPSA) is 149 Å². The van der Waals surface area contributed by atoms with Crippen LogP contribution in [0.2, 0.25) is 0 Å². The number of nitrogens with one attached hydrogen (secondary N) is 2. The van der Waals surface area contributed by atoms with Crippen LogP contribution in [0.15, 0.2) is 102 Å². The minimum atomic E-state index is -0.0681.